The van der Waals surface area contributed by atoms with Crippen LogP contribution in [0.2, 0.25) is 5.02 Å². The molecule has 0 radical (unpaired) electrons. The van der Waals surface area contributed by atoms with Crippen molar-refractivity contribution in [3.05, 3.63) is 46.9 Å². The molecule has 0 amide bonds. The molecular weight excluding hydrogens is 310 g/mol. The van der Waals surface area contributed by atoms with Gasteiger partial charge < -0.3 is 5.32 Å². The number of nitrogens with zero attached hydrogens (tertiary/aromatic N) is 4. The lowest BCUT2D eigenvalue weighted by Crippen LogP contribution is -2.28. The molecule has 0 aliphatic carbocycles. The summed E-state index contributed by atoms with van der Waals surface area (Å²) in [7, 11) is 1.89. The van der Waals surface area contributed by atoms with Crippen LogP contribution in [-0.4, -0.2) is 26.3 Å². The van der Waals surface area contributed by atoms with Crippen LogP contribution in [0.1, 0.15) is 25.1 Å². The molecule has 0 bridgehead atoms. The molecule has 0 spiro atoms. The molecule has 1 N–H and O–H groups in total. The highest BCUT2D eigenvalue weighted by molar-refractivity contribution is 6.30. The van der Waals surface area contributed by atoms with Gasteiger partial charge in [0.2, 0.25) is 0 Å². The van der Waals surface area contributed by atoms with E-state index < -0.39 is 0 Å². The maximum absolute atomic E-state index is 6.12. The van der Waals surface area contributed by atoms with E-state index in [9.17, 15) is 0 Å². The van der Waals surface area contributed by atoms with Gasteiger partial charge in [-0.1, -0.05) is 37.6 Å². The number of fused-ring (bicyclic) bond motifs is 1. The van der Waals surface area contributed by atoms with Crippen LogP contribution in [0.15, 0.2) is 30.6 Å². The van der Waals surface area contributed by atoms with Crippen LogP contribution in [-0.2, 0) is 12.5 Å². The minimum atomic E-state index is -0.0850. The molecule has 0 fully saturated rings. The average Bonchev–Trinajstić information content (AvgIpc) is 2.81. The number of benzene rings is 1. The van der Waals surface area contributed by atoms with Crippen LogP contribution in [0.3, 0.4) is 0 Å². The van der Waals surface area contributed by atoms with Crippen molar-refractivity contribution in [3.63, 3.8) is 0 Å². The summed E-state index contributed by atoms with van der Waals surface area (Å²) in [6.45, 7) is 7.06. The van der Waals surface area contributed by atoms with Crippen molar-refractivity contribution < 1.29 is 0 Å². The molecule has 3 aromatic rings. The highest BCUT2D eigenvalue weighted by atomic mass is 35.5. The van der Waals surface area contributed by atoms with E-state index in [-0.39, 0.29) is 5.41 Å². The molecule has 0 saturated carbocycles. The number of aryl methyl sites for hydroxylation is 2. The second kappa shape index (κ2) is 5.81. The molecule has 1 aromatic carbocycles. The third-order valence-corrected chi connectivity index (χ3v) is 4.33. The zero-order valence-corrected chi connectivity index (χ0v) is 14.5. The Hall–Kier alpha value is -2.14. The molecule has 2 aromatic heterocycles. The molecule has 0 atom stereocenters. The molecule has 5 nitrogen and oxygen atoms in total. The van der Waals surface area contributed by atoms with E-state index in [1.54, 1.807) is 11.0 Å². The molecule has 0 aliphatic heterocycles. The molecule has 23 heavy (non-hydrogen) atoms. The molecule has 0 unspecified atom stereocenters. The zero-order valence-electron chi connectivity index (χ0n) is 13.8. The first-order chi connectivity index (χ1) is 10.9. The van der Waals surface area contributed by atoms with Crippen LogP contribution in [0.4, 0.5) is 5.82 Å². The second-order valence-electron chi connectivity index (χ2n) is 6.38. The van der Waals surface area contributed by atoms with Gasteiger partial charge in [0.15, 0.2) is 5.65 Å². The fourth-order valence-electron chi connectivity index (χ4n) is 2.73. The Morgan fingerprint density at radius 3 is 2.78 bits per heavy atom. The van der Waals surface area contributed by atoms with Crippen LogP contribution in [0.25, 0.3) is 11.0 Å². The summed E-state index contributed by atoms with van der Waals surface area (Å²) < 4.78 is 1.78. The molecule has 3 rings (SSSR count). The topological polar surface area (TPSA) is 55.6 Å². The lowest BCUT2D eigenvalue weighted by atomic mass is 9.84. The van der Waals surface area contributed by atoms with Gasteiger partial charge in [-0.05, 0) is 24.6 Å². The monoisotopic (exact) mass is 329 g/mol. The van der Waals surface area contributed by atoms with Gasteiger partial charge in [0.25, 0.3) is 0 Å². The van der Waals surface area contributed by atoms with Crippen LogP contribution >= 0.6 is 11.6 Å². The van der Waals surface area contributed by atoms with Gasteiger partial charge in [-0.15, -0.1) is 0 Å². The van der Waals surface area contributed by atoms with Gasteiger partial charge in [-0.2, -0.15) is 5.10 Å². The summed E-state index contributed by atoms with van der Waals surface area (Å²) in [6, 6.07) is 7.97. The van der Waals surface area contributed by atoms with Gasteiger partial charge >= 0.3 is 0 Å². The first-order valence-electron chi connectivity index (χ1n) is 7.53. The van der Waals surface area contributed by atoms with E-state index in [2.05, 4.69) is 40.3 Å². The van der Waals surface area contributed by atoms with Crippen molar-refractivity contribution in [1.29, 1.82) is 0 Å². The fraction of sp³-hybridized carbons (Fsp3) is 0.353. The van der Waals surface area contributed by atoms with Crippen LogP contribution in [0, 0.1) is 6.92 Å². The van der Waals surface area contributed by atoms with Crippen molar-refractivity contribution in [1.82, 2.24) is 19.7 Å². The zero-order chi connectivity index (χ0) is 16.6. The normalized spacial score (nSPS) is 11.9. The molecule has 6 heteroatoms. The summed E-state index contributed by atoms with van der Waals surface area (Å²) >= 11 is 6.12. The molecule has 0 saturated heterocycles. The smallest absolute Gasteiger partial charge is 0.163 e. The van der Waals surface area contributed by atoms with E-state index in [1.165, 1.54) is 5.56 Å². The summed E-state index contributed by atoms with van der Waals surface area (Å²) in [5.74, 6) is 0.815. The molecule has 2 heterocycles. The van der Waals surface area contributed by atoms with E-state index in [0.717, 1.165) is 34.1 Å². The lowest BCUT2D eigenvalue weighted by molar-refractivity contribution is 0.556. The Morgan fingerprint density at radius 1 is 1.26 bits per heavy atom. The Bertz CT molecular complexity index is 853. The Balaban J connectivity index is 1.88. The van der Waals surface area contributed by atoms with Gasteiger partial charge in [0.05, 0.1) is 11.1 Å². The SMILES string of the molecule is Cc1nn(C)c2ncnc(NCC(C)(C)c3cccc(Cl)c3)c12. The van der Waals surface area contributed by atoms with Crippen LogP contribution in [0.5, 0.6) is 0 Å². The second-order valence-corrected chi connectivity index (χ2v) is 6.81. The number of hydrogen-bond acceptors (Lipinski definition) is 4. The quantitative estimate of drug-likeness (QED) is 0.792. The highest BCUT2D eigenvalue weighted by Gasteiger charge is 2.22. The maximum atomic E-state index is 6.12. The summed E-state index contributed by atoms with van der Waals surface area (Å²) in [5.41, 5.74) is 2.86. The minimum Gasteiger partial charge on any atom is -0.368 e. The third-order valence-electron chi connectivity index (χ3n) is 4.10. The van der Waals surface area contributed by atoms with E-state index in [4.69, 9.17) is 11.6 Å². The van der Waals surface area contributed by atoms with Crippen LogP contribution < -0.4 is 5.32 Å². The van der Waals surface area contributed by atoms with Crippen molar-refractivity contribution in [2.75, 3.05) is 11.9 Å². The number of hydrogen-bond donors (Lipinski definition) is 1. The van der Waals surface area contributed by atoms with Crippen molar-refractivity contribution in [2.24, 2.45) is 7.05 Å². The fourth-order valence-corrected chi connectivity index (χ4v) is 2.92. The number of anilines is 1. The average molecular weight is 330 g/mol. The third kappa shape index (κ3) is 3.01. The molecule has 120 valence electrons. The minimum absolute atomic E-state index is 0.0850. The summed E-state index contributed by atoms with van der Waals surface area (Å²) in [4.78, 5) is 8.70. The van der Waals surface area contributed by atoms with Gasteiger partial charge in [-0.3, -0.25) is 4.68 Å². The lowest BCUT2D eigenvalue weighted by Gasteiger charge is -2.26. The van der Waals surface area contributed by atoms with E-state index in [0.29, 0.717) is 0 Å². The summed E-state index contributed by atoms with van der Waals surface area (Å²) in [6.07, 6.45) is 1.57. The van der Waals surface area contributed by atoms with Gasteiger partial charge in [0.1, 0.15) is 12.1 Å². The van der Waals surface area contributed by atoms with Crippen molar-refractivity contribution in [3.8, 4) is 0 Å². The standard InChI is InChI=1S/C17H20ClN5/c1-11-14-15(20-10-21-16(14)23(4)22-11)19-9-17(2,3)12-6-5-7-13(18)8-12/h5-8,10H,9H2,1-4H3,(H,19,20,21). The largest absolute Gasteiger partial charge is 0.368 e. The molecule has 0 aliphatic rings. The maximum Gasteiger partial charge on any atom is 0.163 e. The van der Waals surface area contributed by atoms with Gasteiger partial charge in [-0.25, -0.2) is 9.97 Å². The first-order valence-corrected chi connectivity index (χ1v) is 7.90. The van der Waals surface area contributed by atoms with E-state index >= 15 is 0 Å². The van der Waals surface area contributed by atoms with Crippen molar-refractivity contribution in [2.45, 2.75) is 26.2 Å². The van der Waals surface area contributed by atoms with Gasteiger partial charge in [0, 0.05) is 24.0 Å². The Labute approximate surface area is 140 Å². The predicted molar refractivity (Wildman–Crippen MR) is 94.0 cm³/mol. The van der Waals surface area contributed by atoms with Crippen molar-refractivity contribution >= 4 is 28.5 Å². The predicted octanol–water partition coefficient (Wildman–Crippen LogP) is 3.71. The number of nitrogens with one attached hydrogen (secondary N) is 1. The number of aromatic nitrogens is 4. The highest BCUT2D eigenvalue weighted by Crippen LogP contribution is 2.28. The first kappa shape index (κ1) is 15.7. The Kier molecular flexibility index (Phi) is 3.98. The van der Waals surface area contributed by atoms with E-state index in [1.807, 2.05) is 32.2 Å². The molecular formula is C17H20ClN5. The number of halogens is 1. The number of rotatable bonds is 4. The Morgan fingerprint density at radius 2 is 2.04 bits per heavy atom. The summed E-state index contributed by atoms with van der Waals surface area (Å²) in [5, 5.41) is 9.60.